The van der Waals surface area contributed by atoms with Gasteiger partial charge in [-0.2, -0.15) is 4.98 Å². The van der Waals surface area contributed by atoms with E-state index in [0.717, 1.165) is 4.88 Å². The Bertz CT molecular complexity index is 632. The van der Waals surface area contributed by atoms with E-state index in [9.17, 15) is 0 Å². The van der Waals surface area contributed by atoms with Gasteiger partial charge in [-0.3, -0.25) is 0 Å². The van der Waals surface area contributed by atoms with Crippen LogP contribution in [0.15, 0.2) is 40.2 Å². The Morgan fingerprint density at radius 2 is 2.06 bits per heavy atom. The molecular weight excluding hydrogens is 236 g/mol. The van der Waals surface area contributed by atoms with Crippen molar-refractivity contribution < 1.29 is 4.52 Å². The van der Waals surface area contributed by atoms with E-state index in [1.54, 1.807) is 29.5 Å². The molecule has 0 saturated carbocycles. The van der Waals surface area contributed by atoms with E-state index < -0.39 is 0 Å². The number of nitrogens with zero attached hydrogens (tertiary/aromatic N) is 3. The summed E-state index contributed by atoms with van der Waals surface area (Å²) >= 11 is 1.56. The zero-order chi connectivity index (χ0) is 11.7. The van der Waals surface area contributed by atoms with Crippen LogP contribution in [0.3, 0.4) is 0 Å². The molecule has 0 fully saturated rings. The number of hydrogen-bond donors (Lipinski definition) is 1. The third-order valence-corrected chi connectivity index (χ3v) is 3.02. The Morgan fingerprint density at radius 1 is 1.12 bits per heavy atom. The van der Waals surface area contributed by atoms with Crippen molar-refractivity contribution in [2.75, 3.05) is 5.73 Å². The van der Waals surface area contributed by atoms with E-state index in [2.05, 4.69) is 15.1 Å². The molecule has 17 heavy (non-hydrogen) atoms. The van der Waals surface area contributed by atoms with E-state index >= 15 is 0 Å². The fraction of sp³-hybridized carbons (Fsp3) is 0. The van der Waals surface area contributed by atoms with Gasteiger partial charge in [-0.15, -0.1) is 11.3 Å². The number of rotatable bonds is 2. The Labute approximate surface area is 101 Å². The molecule has 3 aromatic heterocycles. The van der Waals surface area contributed by atoms with Crippen LogP contribution in [-0.2, 0) is 0 Å². The highest BCUT2D eigenvalue weighted by atomic mass is 32.1. The van der Waals surface area contributed by atoms with Gasteiger partial charge in [-0.1, -0.05) is 17.3 Å². The van der Waals surface area contributed by atoms with Crippen LogP contribution in [0.4, 0.5) is 5.82 Å². The minimum Gasteiger partial charge on any atom is -0.384 e. The molecule has 0 aliphatic carbocycles. The van der Waals surface area contributed by atoms with Crippen molar-refractivity contribution in [3.05, 3.63) is 35.7 Å². The molecule has 3 rings (SSSR count). The summed E-state index contributed by atoms with van der Waals surface area (Å²) in [5.74, 6) is 1.37. The van der Waals surface area contributed by atoms with Gasteiger partial charge in [0, 0.05) is 0 Å². The molecule has 0 radical (unpaired) electrons. The van der Waals surface area contributed by atoms with Gasteiger partial charge >= 0.3 is 0 Å². The number of nitrogens with two attached hydrogens (primary N) is 1. The molecule has 84 valence electrons. The topological polar surface area (TPSA) is 77.8 Å². The highest BCUT2D eigenvalue weighted by Crippen LogP contribution is 2.24. The molecule has 0 aliphatic rings. The SMILES string of the molecule is Nc1cccc(-c2nc(-c3cccs3)no2)n1. The zero-order valence-corrected chi connectivity index (χ0v) is 9.52. The number of aromatic nitrogens is 3. The smallest absolute Gasteiger partial charge is 0.276 e. The van der Waals surface area contributed by atoms with Crippen LogP contribution in [-0.4, -0.2) is 15.1 Å². The number of thiophene rings is 1. The first kappa shape index (κ1) is 9.98. The summed E-state index contributed by atoms with van der Waals surface area (Å²) in [5.41, 5.74) is 6.18. The Balaban J connectivity index is 2.01. The predicted molar refractivity (Wildman–Crippen MR) is 65.3 cm³/mol. The average Bonchev–Trinajstić information content (AvgIpc) is 3.00. The Hall–Kier alpha value is -2.21. The quantitative estimate of drug-likeness (QED) is 0.749. The van der Waals surface area contributed by atoms with Gasteiger partial charge in [0.15, 0.2) is 0 Å². The van der Waals surface area contributed by atoms with Gasteiger partial charge in [0.1, 0.15) is 11.5 Å². The first-order valence-electron chi connectivity index (χ1n) is 4.93. The minimum atomic E-state index is 0.376. The largest absolute Gasteiger partial charge is 0.384 e. The average molecular weight is 244 g/mol. The Morgan fingerprint density at radius 3 is 2.82 bits per heavy atom. The maximum Gasteiger partial charge on any atom is 0.276 e. The van der Waals surface area contributed by atoms with E-state index in [4.69, 9.17) is 10.3 Å². The van der Waals surface area contributed by atoms with Crippen molar-refractivity contribution in [2.24, 2.45) is 0 Å². The summed E-state index contributed by atoms with van der Waals surface area (Å²) in [7, 11) is 0. The maximum atomic E-state index is 5.60. The lowest BCUT2D eigenvalue weighted by molar-refractivity contribution is 0.431. The van der Waals surface area contributed by atoms with Gasteiger partial charge in [-0.25, -0.2) is 4.98 Å². The molecule has 3 aromatic rings. The van der Waals surface area contributed by atoms with E-state index in [-0.39, 0.29) is 0 Å². The van der Waals surface area contributed by atoms with Gasteiger partial charge in [0.25, 0.3) is 5.89 Å². The lowest BCUT2D eigenvalue weighted by atomic mass is 10.3. The summed E-state index contributed by atoms with van der Waals surface area (Å²) in [6.07, 6.45) is 0. The fourth-order valence-electron chi connectivity index (χ4n) is 1.40. The fourth-order valence-corrected chi connectivity index (χ4v) is 2.05. The Kier molecular flexibility index (Phi) is 2.34. The summed E-state index contributed by atoms with van der Waals surface area (Å²) in [4.78, 5) is 9.36. The third kappa shape index (κ3) is 1.90. The number of pyridine rings is 1. The lowest BCUT2D eigenvalue weighted by Gasteiger charge is -1.93. The standard InChI is InChI=1S/C11H8N4OS/c12-9-5-1-3-7(13-9)11-14-10(15-16-11)8-4-2-6-17-8/h1-6H,(H2,12,13). The molecule has 5 nitrogen and oxygen atoms in total. The van der Waals surface area contributed by atoms with Crippen LogP contribution < -0.4 is 5.73 Å². The summed E-state index contributed by atoms with van der Waals surface area (Å²) in [6.45, 7) is 0. The number of nitrogen functional groups attached to an aromatic ring is 1. The molecule has 0 spiro atoms. The first-order valence-corrected chi connectivity index (χ1v) is 5.81. The molecule has 3 heterocycles. The van der Waals surface area contributed by atoms with Crippen molar-refractivity contribution in [2.45, 2.75) is 0 Å². The second kappa shape index (κ2) is 3.99. The maximum absolute atomic E-state index is 5.60. The third-order valence-electron chi connectivity index (χ3n) is 2.16. The summed E-state index contributed by atoms with van der Waals surface area (Å²) < 4.78 is 5.16. The van der Waals surface area contributed by atoms with Crippen LogP contribution in [0.1, 0.15) is 0 Å². The molecule has 0 atom stereocenters. The highest BCUT2D eigenvalue weighted by molar-refractivity contribution is 7.13. The molecule has 0 saturated heterocycles. The van der Waals surface area contributed by atoms with E-state index in [1.165, 1.54) is 0 Å². The van der Waals surface area contributed by atoms with Gasteiger partial charge in [0.05, 0.1) is 4.88 Å². The second-order valence-electron chi connectivity index (χ2n) is 3.35. The molecular formula is C11H8N4OS. The zero-order valence-electron chi connectivity index (χ0n) is 8.70. The van der Waals surface area contributed by atoms with E-state index in [0.29, 0.717) is 23.2 Å². The molecule has 0 bridgehead atoms. The van der Waals surface area contributed by atoms with Crippen LogP contribution in [0.25, 0.3) is 22.3 Å². The van der Waals surface area contributed by atoms with Gasteiger partial charge < -0.3 is 10.3 Å². The van der Waals surface area contributed by atoms with Gasteiger partial charge in [-0.05, 0) is 23.6 Å². The summed E-state index contributed by atoms with van der Waals surface area (Å²) in [5, 5.41) is 5.87. The van der Waals surface area contributed by atoms with Crippen molar-refractivity contribution in [1.29, 1.82) is 0 Å². The number of hydrogen-bond acceptors (Lipinski definition) is 6. The van der Waals surface area contributed by atoms with Crippen molar-refractivity contribution in [3.8, 4) is 22.3 Å². The van der Waals surface area contributed by atoms with Crippen LogP contribution in [0.2, 0.25) is 0 Å². The van der Waals surface area contributed by atoms with Crippen LogP contribution in [0, 0.1) is 0 Å². The lowest BCUT2D eigenvalue weighted by Crippen LogP contribution is -1.91. The molecule has 0 aromatic carbocycles. The highest BCUT2D eigenvalue weighted by Gasteiger charge is 2.12. The van der Waals surface area contributed by atoms with Gasteiger partial charge in [0.2, 0.25) is 5.82 Å². The van der Waals surface area contributed by atoms with E-state index in [1.807, 2.05) is 17.5 Å². The normalized spacial score (nSPS) is 10.6. The number of anilines is 1. The first-order chi connectivity index (χ1) is 8.33. The molecule has 2 N–H and O–H groups in total. The molecule has 6 heteroatoms. The summed E-state index contributed by atoms with van der Waals surface area (Å²) in [6, 6.07) is 9.16. The molecule has 0 unspecified atom stereocenters. The van der Waals surface area contributed by atoms with Crippen molar-refractivity contribution in [3.63, 3.8) is 0 Å². The predicted octanol–water partition coefficient (Wildman–Crippen LogP) is 2.44. The van der Waals surface area contributed by atoms with Crippen molar-refractivity contribution in [1.82, 2.24) is 15.1 Å². The second-order valence-corrected chi connectivity index (χ2v) is 4.30. The molecule has 0 amide bonds. The monoisotopic (exact) mass is 244 g/mol. The van der Waals surface area contributed by atoms with Crippen LogP contribution >= 0.6 is 11.3 Å². The van der Waals surface area contributed by atoms with Crippen LogP contribution in [0.5, 0.6) is 0 Å². The van der Waals surface area contributed by atoms with Crippen molar-refractivity contribution >= 4 is 17.2 Å². The molecule has 0 aliphatic heterocycles. The minimum absolute atomic E-state index is 0.376.